The monoisotopic (exact) mass is 338 g/mol. The van der Waals surface area contributed by atoms with Gasteiger partial charge in [0.2, 0.25) is 0 Å². The maximum atomic E-state index is 13.6. The molecule has 0 fully saturated rings. The molecule has 1 heterocycles. The Morgan fingerprint density at radius 3 is 2.55 bits per heavy atom. The molecular weight excluding hydrogens is 331 g/mol. The van der Waals surface area contributed by atoms with E-state index in [0.717, 1.165) is 0 Å². The smallest absolute Gasteiger partial charge is 0.354 e. The molecule has 2 aromatic rings. The van der Waals surface area contributed by atoms with Crippen LogP contribution in [-0.4, -0.2) is 22.0 Å². The Hall–Kier alpha value is -2.28. The van der Waals surface area contributed by atoms with Gasteiger partial charge in [0.25, 0.3) is 5.91 Å². The zero-order chi connectivity index (χ0) is 14.7. The lowest BCUT2D eigenvalue weighted by Gasteiger charge is -2.06. The van der Waals surface area contributed by atoms with Gasteiger partial charge in [0, 0.05) is 4.47 Å². The molecule has 1 aromatic carbocycles. The summed E-state index contributed by atoms with van der Waals surface area (Å²) in [6.07, 6.45) is 0. The molecule has 7 heteroatoms. The Morgan fingerprint density at radius 1 is 1.20 bits per heavy atom. The number of amides is 1. The van der Waals surface area contributed by atoms with Crippen molar-refractivity contribution in [1.29, 1.82) is 0 Å². The Labute approximate surface area is 121 Å². The average molecular weight is 339 g/mol. The number of nitrogens with one attached hydrogen (secondary N) is 1. The predicted molar refractivity (Wildman–Crippen MR) is 73.2 cm³/mol. The molecule has 0 atom stereocenters. The molecule has 5 nitrogen and oxygen atoms in total. The van der Waals surface area contributed by atoms with Crippen LogP contribution in [0.3, 0.4) is 0 Å². The summed E-state index contributed by atoms with van der Waals surface area (Å²) in [4.78, 5) is 26.3. The Balaban J connectivity index is 2.24. The zero-order valence-corrected chi connectivity index (χ0v) is 11.5. The molecule has 0 aliphatic heterocycles. The van der Waals surface area contributed by atoms with E-state index in [1.165, 1.54) is 30.3 Å². The zero-order valence-electron chi connectivity index (χ0n) is 9.93. The van der Waals surface area contributed by atoms with Crippen LogP contribution in [0.25, 0.3) is 0 Å². The number of benzene rings is 1. The van der Waals surface area contributed by atoms with Crippen molar-refractivity contribution < 1.29 is 19.1 Å². The first-order valence-electron chi connectivity index (χ1n) is 5.44. The minimum absolute atomic E-state index is 0.0132. The summed E-state index contributed by atoms with van der Waals surface area (Å²) in [5.74, 6) is -2.54. The highest BCUT2D eigenvalue weighted by molar-refractivity contribution is 9.10. The van der Waals surface area contributed by atoms with Crippen molar-refractivity contribution in [3.05, 3.63) is 58.1 Å². The molecule has 0 spiro atoms. The number of anilines is 1. The largest absolute Gasteiger partial charge is 0.477 e. The van der Waals surface area contributed by atoms with E-state index in [9.17, 15) is 14.0 Å². The summed E-state index contributed by atoms with van der Waals surface area (Å²) in [5, 5.41) is 11.1. The number of carboxylic acids is 1. The molecular formula is C13H8BrFN2O3. The highest BCUT2D eigenvalue weighted by Gasteiger charge is 2.13. The molecule has 0 radical (unpaired) electrons. The maximum Gasteiger partial charge on any atom is 0.354 e. The van der Waals surface area contributed by atoms with E-state index in [1.807, 2.05) is 0 Å². The van der Waals surface area contributed by atoms with E-state index >= 15 is 0 Å². The number of aromatic nitrogens is 1. The van der Waals surface area contributed by atoms with Crippen molar-refractivity contribution in [1.82, 2.24) is 4.98 Å². The first-order chi connectivity index (χ1) is 9.47. The van der Waals surface area contributed by atoms with Gasteiger partial charge in [-0.1, -0.05) is 22.0 Å². The Morgan fingerprint density at radius 2 is 1.90 bits per heavy atom. The number of hydrogen-bond acceptors (Lipinski definition) is 3. The van der Waals surface area contributed by atoms with Gasteiger partial charge in [0.1, 0.15) is 17.2 Å². The van der Waals surface area contributed by atoms with Crippen molar-refractivity contribution in [2.24, 2.45) is 0 Å². The lowest BCUT2D eigenvalue weighted by molar-refractivity contribution is 0.0690. The third-order valence-corrected chi connectivity index (χ3v) is 2.87. The van der Waals surface area contributed by atoms with Gasteiger partial charge in [-0.3, -0.25) is 4.79 Å². The quantitative estimate of drug-likeness (QED) is 0.901. The predicted octanol–water partition coefficient (Wildman–Crippen LogP) is 2.93. The van der Waals surface area contributed by atoms with E-state index in [1.54, 1.807) is 6.07 Å². The summed E-state index contributed by atoms with van der Waals surface area (Å²) in [7, 11) is 0. The van der Waals surface area contributed by atoms with E-state index in [4.69, 9.17) is 5.11 Å². The van der Waals surface area contributed by atoms with Gasteiger partial charge in [-0.25, -0.2) is 14.2 Å². The normalized spacial score (nSPS) is 10.1. The van der Waals surface area contributed by atoms with Gasteiger partial charge < -0.3 is 10.4 Å². The van der Waals surface area contributed by atoms with Gasteiger partial charge >= 0.3 is 5.97 Å². The number of halogens is 2. The molecule has 2 N–H and O–H groups in total. The third kappa shape index (κ3) is 3.18. The van der Waals surface area contributed by atoms with Gasteiger partial charge in [0.05, 0.1) is 5.69 Å². The minimum atomic E-state index is -1.24. The molecule has 0 aliphatic carbocycles. The van der Waals surface area contributed by atoms with Gasteiger partial charge in [-0.2, -0.15) is 0 Å². The van der Waals surface area contributed by atoms with Crippen LogP contribution in [-0.2, 0) is 0 Å². The van der Waals surface area contributed by atoms with Crippen LogP contribution in [0.15, 0.2) is 40.9 Å². The fourth-order valence-corrected chi connectivity index (χ4v) is 1.79. The molecule has 0 bridgehead atoms. The Kier molecular flexibility index (Phi) is 4.09. The number of pyridine rings is 1. The van der Waals surface area contributed by atoms with Crippen LogP contribution < -0.4 is 5.32 Å². The number of carbonyl (C=O) groups excluding carboxylic acids is 1. The first kappa shape index (κ1) is 14.1. The SMILES string of the molecule is O=C(O)c1cccc(C(=O)Nc2ccc(Br)cc2F)n1. The molecule has 0 unspecified atom stereocenters. The maximum absolute atomic E-state index is 13.6. The number of rotatable bonds is 3. The van der Waals surface area contributed by atoms with E-state index in [2.05, 4.69) is 26.2 Å². The fourth-order valence-electron chi connectivity index (χ4n) is 1.46. The molecule has 102 valence electrons. The lowest BCUT2D eigenvalue weighted by Crippen LogP contribution is -2.16. The second kappa shape index (κ2) is 5.79. The lowest BCUT2D eigenvalue weighted by atomic mass is 10.2. The van der Waals surface area contributed by atoms with Crippen LogP contribution in [0.5, 0.6) is 0 Å². The van der Waals surface area contributed by atoms with Gasteiger partial charge in [-0.15, -0.1) is 0 Å². The molecule has 0 saturated heterocycles. The van der Waals surface area contributed by atoms with E-state index < -0.39 is 17.7 Å². The Bertz CT molecular complexity index is 691. The summed E-state index contributed by atoms with van der Waals surface area (Å²) in [5.41, 5.74) is -0.373. The molecule has 1 amide bonds. The molecule has 0 aliphatic rings. The van der Waals surface area contributed by atoms with Crippen LogP contribution in [0.1, 0.15) is 21.0 Å². The van der Waals surface area contributed by atoms with Crippen molar-refractivity contribution in [2.75, 3.05) is 5.32 Å². The number of nitrogens with zero attached hydrogens (tertiary/aromatic N) is 1. The second-order valence-electron chi connectivity index (χ2n) is 3.79. The fraction of sp³-hybridized carbons (Fsp3) is 0. The highest BCUT2D eigenvalue weighted by Crippen LogP contribution is 2.19. The van der Waals surface area contributed by atoms with Crippen LogP contribution in [0, 0.1) is 5.82 Å². The summed E-state index contributed by atoms with van der Waals surface area (Å²) in [6, 6.07) is 8.16. The van der Waals surface area contributed by atoms with Crippen molar-refractivity contribution >= 4 is 33.5 Å². The molecule has 0 saturated carbocycles. The van der Waals surface area contributed by atoms with Crippen LogP contribution >= 0.6 is 15.9 Å². The van der Waals surface area contributed by atoms with E-state index in [0.29, 0.717) is 4.47 Å². The number of aromatic carboxylic acids is 1. The van der Waals surface area contributed by atoms with Crippen molar-refractivity contribution in [2.45, 2.75) is 0 Å². The van der Waals surface area contributed by atoms with Crippen LogP contribution in [0.2, 0.25) is 0 Å². The number of carbonyl (C=O) groups is 2. The van der Waals surface area contributed by atoms with Crippen molar-refractivity contribution in [3.63, 3.8) is 0 Å². The highest BCUT2D eigenvalue weighted by atomic mass is 79.9. The summed E-state index contributed by atoms with van der Waals surface area (Å²) >= 11 is 3.10. The first-order valence-corrected chi connectivity index (χ1v) is 6.23. The standard InChI is InChI=1S/C13H8BrFN2O3/c14-7-4-5-9(8(15)6-7)17-12(18)10-2-1-3-11(16-10)13(19)20/h1-6H,(H,17,18)(H,19,20). The topological polar surface area (TPSA) is 79.3 Å². The van der Waals surface area contributed by atoms with Gasteiger partial charge in [0.15, 0.2) is 0 Å². The number of carboxylic acid groups (broad SMARTS) is 1. The van der Waals surface area contributed by atoms with Crippen molar-refractivity contribution in [3.8, 4) is 0 Å². The molecule has 1 aromatic heterocycles. The van der Waals surface area contributed by atoms with Gasteiger partial charge in [-0.05, 0) is 30.3 Å². The minimum Gasteiger partial charge on any atom is -0.477 e. The molecule has 2 rings (SSSR count). The van der Waals surface area contributed by atoms with E-state index in [-0.39, 0.29) is 17.1 Å². The average Bonchev–Trinajstić information content (AvgIpc) is 2.42. The second-order valence-corrected chi connectivity index (χ2v) is 4.71. The third-order valence-electron chi connectivity index (χ3n) is 2.38. The number of hydrogen-bond donors (Lipinski definition) is 2. The van der Waals surface area contributed by atoms with Crippen LogP contribution in [0.4, 0.5) is 10.1 Å². The summed E-state index contributed by atoms with van der Waals surface area (Å²) < 4.78 is 14.1. The molecule has 20 heavy (non-hydrogen) atoms. The summed E-state index contributed by atoms with van der Waals surface area (Å²) in [6.45, 7) is 0.